The fourth-order valence-corrected chi connectivity index (χ4v) is 4.17. The van der Waals surface area contributed by atoms with Gasteiger partial charge in [-0.25, -0.2) is 4.98 Å². The van der Waals surface area contributed by atoms with Crippen molar-refractivity contribution in [1.29, 1.82) is 0 Å². The second-order valence-electron chi connectivity index (χ2n) is 7.08. The summed E-state index contributed by atoms with van der Waals surface area (Å²) in [6.45, 7) is 7.28. The highest BCUT2D eigenvalue weighted by Gasteiger charge is 2.26. The van der Waals surface area contributed by atoms with Gasteiger partial charge in [0.05, 0.1) is 28.3 Å². The molecule has 2 N–H and O–H groups in total. The van der Waals surface area contributed by atoms with Gasteiger partial charge in [-0.1, -0.05) is 13.8 Å². The normalized spacial score (nSPS) is 18.4. The number of aromatic nitrogens is 3. The van der Waals surface area contributed by atoms with E-state index in [1.54, 1.807) is 17.5 Å². The van der Waals surface area contributed by atoms with Gasteiger partial charge in [-0.3, -0.25) is 14.8 Å². The molecule has 142 valence electrons. The maximum absolute atomic E-state index is 11.8. The van der Waals surface area contributed by atoms with Crippen molar-refractivity contribution >= 4 is 22.9 Å². The number of H-pyrrole nitrogens is 1. The van der Waals surface area contributed by atoms with Crippen molar-refractivity contribution in [1.82, 2.24) is 20.1 Å². The van der Waals surface area contributed by atoms with Crippen LogP contribution in [0.4, 0.5) is 5.69 Å². The van der Waals surface area contributed by atoms with Gasteiger partial charge in [0.15, 0.2) is 0 Å². The summed E-state index contributed by atoms with van der Waals surface area (Å²) in [4.78, 5) is 19.0. The monoisotopic (exact) mass is 377 g/mol. The summed E-state index contributed by atoms with van der Waals surface area (Å²) < 4.78 is 4.88. The number of thiazole rings is 1. The van der Waals surface area contributed by atoms with Crippen LogP contribution in [0.2, 0.25) is 0 Å². The van der Waals surface area contributed by atoms with Crippen LogP contribution in [-0.4, -0.2) is 52.8 Å². The summed E-state index contributed by atoms with van der Waals surface area (Å²) in [5, 5.41) is 13.5. The molecule has 0 spiro atoms. The third kappa shape index (κ3) is 4.69. The largest absolute Gasteiger partial charge is 0.375 e. The highest BCUT2D eigenvalue weighted by atomic mass is 32.1. The van der Waals surface area contributed by atoms with Crippen LogP contribution in [0.1, 0.15) is 54.9 Å². The number of carbonyl (C=O) groups excluding carboxylic acids is 1. The van der Waals surface area contributed by atoms with Gasteiger partial charge in [-0.2, -0.15) is 5.10 Å². The molecule has 26 heavy (non-hydrogen) atoms. The number of rotatable bonds is 7. The number of ether oxygens (including phenoxy) is 1. The first-order valence-corrected chi connectivity index (χ1v) is 9.93. The highest BCUT2D eigenvalue weighted by Crippen LogP contribution is 2.31. The first kappa shape index (κ1) is 19.0. The average molecular weight is 378 g/mol. The number of anilines is 1. The lowest BCUT2D eigenvalue weighted by atomic mass is 9.94. The van der Waals surface area contributed by atoms with Gasteiger partial charge in [0.25, 0.3) is 0 Å². The molecule has 0 aliphatic carbocycles. The molecule has 0 saturated carbocycles. The van der Waals surface area contributed by atoms with E-state index in [-0.39, 0.29) is 12.5 Å². The van der Waals surface area contributed by atoms with E-state index in [2.05, 4.69) is 39.6 Å². The predicted octanol–water partition coefficient (Wildman–Crippen LogP) is 2.95. The van der Waals surface area contributed by atoms with Crippen LogP contribution in [0.25, 0.3) is 0 Å². The zero-order valence-corrected chi connectivity index (χ0v) is 16.4. The second-order valence-corrected chi connectivity index (χ2v) is 7.97. The summed E-state index contributed by atoms with van der Waals surface area (Å²) in [5.74, 6) is 0.643. The molecule has 7 nitrogen and oxygen atoms in total. The Morgan fingerprint density at radius 2 is 2.38 bits per heavy atom. The molecule has 0 aromatic carbocycles. The van der Waals surface area contributed by atoms with E-state index < -0.39 is 0 Å². The highest BCUT2D eigenvalue weighted by molar-refractivity contribution is 7.09. The molecule has 3 rings (SSSR count). The number of hydrogen-bond donors (Lipinski definition) is 2. The van der Waals surface area contributed by atoms with Crippen molar-refractivity contribution in [3.05, 3.63) is 28.0 Å². The minimum absolute atomic E-state index is 0.0451. The lowest BCUT2D eigenvalue weighted by Gasteiger charge is -2.32. The van der Waals surface area contributed by atoms with E-state index in [1.807, 2.05) is 0 Å². The first-order chi connectivity index (χ1) is 12.6. The Kier molecular flexibility index (Phi) is 6.39. The van der Waals surface area contributed by atoms with Gasteiger partial charge in [0.2, 0.25) is 5.91 Å². The van der Waals surface area contributed by atoms with E-state index in [0.29, 0.717) is 11.8 Å². The zero-order valence-electron chi connectivity index (χ0n) is 15.6. The Labute approximate surface area is 158 Å². The first-order valence-electron chi connectivity index (χ1n) is 9.05. The van der Waals surface area contributed by atoms with Gasteiger partial charge in [0, 0.05) is 37.4 Å². The number of carbonyl (C=O) groups is 1. The maximum Gasteiger partial charge on any atom is 0.250 e. The van der Waals surface area contributed by atoms with Crippen LogP contribution in [0.5, 0.6) is 0 Å². The molecule has 0 unspecified atom stereocenters. The molecule has 0 radical (unpaired) electrons. The standard InChI is InChI=1S/C18H27N5O2S/c1-12(2)18-20-14(11-26-18)9-23-6-4-5-13(8-23)17-15(7-19-22-17)21-16(24)10-25-3/h7,11-13H,4-6,8-10H2,1-3H3,(H,19,22)(H,21,24)/t13-/m0/s1. The van der Waals surface area contributed by atoms with Crippen molar-refractivity contribution in [3.8, 4) is 0 Å². The molecule has 1 atom stereocenters. The Morgan fingerprint density at radius 1 is 1.54 bits per heavy atom. The SMILES string of the molecule is COCC(=O)Nc1cn[nH]c1[C@H]1CCCN(Cc2csc(C(C)C)n2)C1. The quantitative estimate of drug-likeness (QED) is 0.775. The van der Waals surface area contributed by atoms with Crippen molar-refractivity contribution in [3.63, 3.8) is 0 Å². The van der Waals surface area contributed by atoms with Gasteiger partial charge in [-0.15, -0.1) is 11.3 Å². The summed E-state index contributed by atoms with van der Waals surface area (Å²) in [5.41, 5.74) is 2.91. The molecular formula is C18H27N5O2S. The van der Waals surface area contributed by atoms with E-state index in [1.165, 1.54) is 12.1 Å². The molecule has 2 aromatic rings. The summed E-state index contributed by atoms with van der Waals surface area (Å²) >= 11 is 1.75. The van der Waals surface area contributed by atoms with Crippen LogP contribution in [-0.2, 0) is 16.1 Å². The topological polar surface area (TPSA) is 83.1 Å². The molecule has 1 aliphatic rings. The van der Waals surface area contributed by atoms with Crippen LogP contribution >= 0.6 is 11.3 Å². The fourth-order valence-electron chi connectivity index (χ4n) is 3.35. The molecule has 2 aromatic heterocycles. The molecule has 1 amide bonds. The number of likely N-dealkylation sites (tertiary alicyclic amines) is 1. The number of hydrogen-bond acceptors (Lipinski definition) is 6. The minimum atomic E-state index is -0.161. The molecule has 1 fully saturated rings. The van der Waals surface area contributed by atoms with Crippen molar-refractivity contribution in [2.75, 3.05) is 32.1 Å². The van der Waals surface area contributed by atoms with Crippen molar-refractivity contribution in [2.24, 2.45) is 0 Å². The zero-order chi connectivity index (χ0) is 18.5. The van der Waals surface area contributed by atoms with E-state index >= 15 is 0 Å². The molecular weight excluding hydrogens is 350 g/mol. The van der Waals surface area contributed by atoms with Gasteiger partial charge in [-0.05, 0) is 19.4 Å². The van der Waals surface area contributed by atoms with Gasteiger partial charge < -0.3 is 10.1 Å². The summed E-state index contributed by atoms with van der Waals surface area (Å²) in [6, 6.07) is 0. The Balaban J connectivity index is 1.63. The van der Waals surface area contributed by atoms with Crippen LogP contribution in [0.15, 0.2) is 11.6 Å². The summed E-state index contributed by atoms with van der Waals surface area (Å²) in [6.07, 6.45) is 3.88. The van der Waals surface area contributed by atoms with Crippen molar-refractivity contribution < 1.29 is 9.53 Å². The predicted molar refractivity (Wildman–Crippen MR) is 103 cm³/mol. The van der Waals surface area contributed by atoms with Gasteiger partial charge >= 0.3 is 0 Å². The number of nitrogens with one attached hydrogen (secondary N) is 2. The Morgan fingerprint density at radius 3 is 3.12 bits per heavy atom. The fraction of sp³-hybridized carbons (Fsp3) is 0.611. The van der Waals surface area contributed by atoms with E-state index in [0.717, 1.165) is 49.6 Å². The van der Waals surface area contributed by atoms with Gasteiger partial charge in [0.1, 0.15) is 6.61 Å². The smallest absolute Gasteiger partial charge is 0.250 e. The molecule has 3 heterocycles. The number of methoxy groups -OCH3 is 1. The number of amides is 1. The van der Waals surface area contributed by atoms with E-state index in [4.69, 9.17) is 9.72 Å². The summed E-state index contributed by atoms with van der Waals surface area (Å²) in [7, 11) is 1.51. The van der Waals surface area contributed by atoms with Crippen molar-refractivity contribution in [2.45, 2.75) is 45.1 Å². The second kappa shape index (κ2) is 8.75. The third-order valence-corrected chi connectivity index (χ3v) is 5.78. The number of aromatic amines is 1. The molecule has 8 heteroatoms. The molecule has 1 saturated heterocycles. The van der Waals surface area contributed by atoms with E-state index in [9.17, 15) is 4.79 Å². The lowest BCUT2D eigenvalue weighted by Crippen LogP contribution is -2.34. The third-order valence-electron chi connectivity index (χ3n) is 4.58. The molecule has 0 bridgehead atoms. The van der Waals surface area contributed by atoms with Crippen LogP contribution in [0, 0.1) is 0 Å². The number of nitrogens with zero attached hydrogens (tertiary/aromatic N) is 3. The van der Waals surface area contributed by atoms with Crippen LogP contribution < -0.4 is 5.32 Å². The minimum Gasteiger partial charge on any atom is -0.375 e. The number of piperidine rings is 1. The van der Waals surface area contributed by atoms with Crippen LogP contribution in [0.3, 0.4) is 0 Å². The Bertz CT molecular complexity index is 727. The maximum atomic E-state index is 11.8. The lowest BCUT2D eigenvalue weighted by molar-refractivity contribution is -0.119. The Hall–Kier alpha value is -1.77. The average Bonchev–Trinajstić information content (AvgIpc) is 3.25. The molecule has 1 aliphatic heterocycles.